The Morgan fingerprint density at radius 1 is 1.03 bits per heavy atom. The summed E-state index contributed by atoms with van der Waals surface area (Å²) in [4.78, 5) is 18.2. The normalized spacial score (nSPS) is 10.6. The van der Waals surface area contributed by atoms with Gasteiger partial charge in [0.1, 0.15) is 0 Å². The summed E-state index contributed by atoms with van der Waals surface area (Å²) in [7, 11) is 4.57. The van der Waals surface area contributed by atoms with E-state index in [4.69, 9.17) is 14.2 Å². The average molecular weight is 424 g/mol. The molecule has 9 heteroatoms. The van der Waals surface area contributed by atoms with Crippen LogP contribution in [0.15, 0.2) is 54.2 Å². The highest BCUT2D eigenvalue weighted by molar-refractivity contribution is 7.15. The molecule has 154 valence electrons. The smallest absolute Gasteiger partial charge is 0.323 e. The van der Waals surface area contributed by atoms with Crippen LogP contribution in [0, 0.1) is 0 Å². The number of nitrogens with zero attached hydrogens (tertiary/aromatic N) is 2. The molecule has 0 aliphatic heterocycles. The van der Waals surface area contributed by atoms with Crippen molar-refractivity contribution in [2.75, 3.05) is 32.0 Å². The van der Waals surface area contributed by atoms with Gasteiger partial charge in [-0.15, -0.1) is 11.3 Å². The number of benzene rings is 2. The summed E-state index contributed by atoms with van der Waals surface area (Å²) >= 11 is 1.55. The number of ether oxygens (including phenoxy) is 3. The topological polar surface area (TPSA) is 86.1 Å². The lowest BCUT2D eigenvalue weighted by Crippen LogP contribution is -2.20. The number of aromatic nitrogens is 2. The highest BCUT2D eigenvalue weighted by Gasteiger charge is 2.16. The Hall–Kier alpha value is -3.72. The highest BCUT2D eigenvalue weighted by Crippen LogP contribution is 2.40. The van der Waals surface area contributed by atoms with Gasteiger partial charge in [-0.2, -0.15) is 0 Å². The van der Waals surface area contributed by atoms with Crippen LogP contribution in [0.3, 0.4) is 0 Å². The molecule has 0 spiro atoms. The maximum atomic E-state index is 12.7. The minimum atomic E-state index is -0.405. The van der Waals surface area contributed by atoms with Gasteiger partial charge in [-0.25, -0.2) is 9.78 Å². The van der Waals surface area contributed by atoms with Crippen molar-refractivity contribution in [2.45, 2.75) is 0 Å². The van der Waals surface area contributed by atoms with Gasteiger partial charge in [0.25, 0.3) is 0 Å². The maximum absolute atomic E-state index is 12.7. The number of methoxy groups -OCH3 is 3. The average Bonchev–Trinajstić information content (AvgIpc) is 3.35. The van der Waals surface area contributed by atoms with Crippen molar-refractivity contribution in [1.82, 2.24) is 9.38 Å². The van der Waals surface area contributed by atoms with Crippen molar-refractivity contribution < 1.29 is 19.0 Å². The van der Waals surface area contributed by atoms with E-state index >= 15 is 0 Å². The first-order chi connectivity index (χ1) is 14.6. The highest BCUT2D eigenvalue weighted by atomic mass is 32.1. The van der Waals surface area contributed by atoms with E-state index in [2.05, 4.69) is 15.6 Å². The zero-order chi connectivity index (χ0) is 21.1. The van der Waals surface area contributed by atoms with Crippen LogP contribution >= 0.6 is 11.3 Å². The second-order valence-electron chi connectivity index (χ2n) is 6.26. The molecule has 2 aromatic carbocycles. The zero-order valence-electron chi connectivity index (χ0n) is 16.6. The number of rotatable bonds is 6. The van der Waals surface area contributed by atoms with Crippen LogP contribution in [0.5, 0.6) is 17.2 Å². The minimum Gasteiger partial charge on any atom is -0.493 e. The summed E-state index contributed by atoms with van der Waals surface area (Å²) < 4.78 is 17.9. The van der Waals surface area contributed by atoms with Gasteiger partial charge in [-0.3, -0.25) is 4.40 Å². The molecule has 0 saturated carbocycles. The Labute approximate surface area is 177 Å². The van der Waals surface area contributed by atoms with Gasteiger partial charge in [-0.1, -0.05) is 18.2 Å². The minimum absolute atomic E-state index is 0.405. The molecule has 4 rings (SSSR count). The summed E-state index contributed by atoms with van der Waals surface area (Å²) in [6.45, 7) is 0. The van der Waals surface area contributed by atoms with E-state index in [0.717, 1.165) is 16.2 Å². The third kappa shape index (κ3) is 3.74. The Morgan fingerprint density at radius 2 is 1.77 bits per heavy atom. The van der Waals surface area contributed by atoms with Crippen molar-refractivity contribution in [1.29, 1.82) is 0 Å². The van der Waals surface area contributed by atoms with Gasteiger partial charge in [0.05, 0.1) is 38.4 Å². The molecule has 30 heavy (non-hydrogen) atoms. The lowest BCUT2D eigenvalue weighted by Gasteiger charge is -2.15. The fourth-order valence-electron chi connectivity index (χ4n) is 3.11. The lowest BCUT2D eigenvalue weighted by atomic mass is 10.1. The molecule has 2 aromatic heterocycles. The van der Waals surface area contributed by atoms with Gasteiger partial charge in [0.15, 0.2) is 16.5 Å². The quantitative estimate of drug-likeness (QED) is 0.467. The summed E-state index contributed by atoms with van der Waals surface area (Å²) in [5, 5.41) is 7.66. The molecule has 0 aliphatic carbocycles. The van der Waals surface area contributed by atoms with Crippen LogP contribution in [-0.4, -0.2) is 36.7 Å². The first-order valence-electron chi connectivity index (χ1n) is 9.02. The van der Waals surface area contributed by atoms with E-state index in [1.165, 1.54) is 21.3 Å². The van der Waals surface area contributed by atoms with E-state index in [-0.39, 0.29) is 0 Å². The van der Waals surface area contributed by atoms with Crippen molar-refractivity contribution >= 4 is 33.7 Å². The van der Waals surface area contributed by atoms with Gasteiger partial charge >= 0.3 is 6.03 Å². The number of hydrogen-bond acceptors (Lipinski definition) is 6. The number of fused-ring (bicyclic) bond motifs is 1. The molecule has 0 atom stereocenters. The number of nitrogens with one attached hydrogen (secondary N) is 2. The van der Waals surface area contributed by atoms with Crippen LogP contribution < -0.4 is 24.8 Å². The standard InChI is InChI=1S/C21H20N4O4S/c1-27-17-10-13(11-18(28-2)19(17)29-3)22-20(26)23-15-7-5-4-6-14(15)16-12-25-8-9-30-21(25)24-16/h4-12H,1-3H3,(H2,22,23,26). The monoisotopic (exact) mass is 424 g/mol. The molecule has 0 fully saturated rings. The number of anilines is 2. The Kier molecular flexibility index (Phi) is 5.44. The van der Waals surface area contributed by atoms with Crippen LogP contribution in [0.1, 0.15) is 0 Å². The van der Waals surface area contributed by atoms with Crippen molar-refractivity contribution in [2.24, 2.45) is 0 Å². The molecule has 0 bridgehead atoms. The molecular weight excluding hydrogens is 404 g/mol. The van der Waals surface area contributed by atoms with Crippen molar-refractivity contribution in [3.63, 3.8) is 0 Å². The summed E-state index contributed by atoms with van der Waals surface area (Å²) in [5.41, 5.74) is 2.76. The van der Waals surface area contributed by atoms with Gasteiger partial charge < -0.3 is 24.8 Å². The second-order valence-corrected chi connectivity index (χ2v) is 7.13. The van der Waals surface area contributed by atoms with E-state index in [0.29, 0.717) is 28.6 Å². The molecule has 2 heterocycles. The van der Waals surface area contributed by atoms with Crippen molar-refractivity contribution in [3.8, 4) is 28.5 Å². The fraction of sp³-hybridized carbons (Fsp3) is 0.143. The molecule has 4 aromatic rings. The molecular formula is C21H20N4O4S. The molecule has 0 radical (unpaired) electrons. The number of urea groups is 1. The van der Waals surface area contributed by atoms with E-state index in [1.54, 1.807) is 23.5 Å². The van der Waals surface area contributed by atoms with E-state index < -0.39 is 6.03 Å². The number of thiazole rings is 1. The zero-order valence-corrected chi connectivity index (χ0v) is 17.4. The van der Waals surface area contributed by atoms with Gasteiger partial charge in [0.2, 0.25) is 5.75 Å². The number of hydrogen-bond donors (Lipinski definition) is 2. The number of imidazole rings is 1. The van der Waals surface area contributed by atoms with Crippen molar-refractivity contribution in [3.05, 3.63) is 54.2 Å². The molecule has 2 amide bonds. The molecule has 8 nitrogen and oxygen atoms in total. The fourth-order valence-corrected chi connectivity index (χ4v) is 3.81. The molecule has 0 unspecified atom stereocenters. The summed E-state index contributed by atoms with van der Waals surface area (Å²) in [6.07, 6.45) is 3.88. The van der Waals surface area contributed by atoms with E-state index in [9.17, 15) is 4.79 Å². The first kappa shape index (κ1) is 19.6. The Bertz CT molecular complexity index is 1150. The summed E-state index contributed by atoms with van der Waals surface area (Å²) in [5.74, 6) is 1.35. The third-order valence-electron chi connectivity index (χ3n) is 4.47. The van der Waals surface area contributed by atoms with Crippen LogP contribution in [-0.2, 0) is 0 Å². The lowest BCUT2D eigenvalue weighted by molar-refractivity contribution is 0.262. The SMILES string of the molecule is COc1cc(NC(=O)Nc2ccccc2-c2cn3ccsc3n2)cc(OC)c1OC. The molecule has 0 saturated heterocycles. The first-order valence-corrected chi connectivity index (χ1v) is 9.90. The third-order valence-corrected chi connectivity index (χ3v) is 5.24. The molecule has 2 N–H and O–H groups in total. The number of carbonyl (C=O) groups excluding carboxylic acids is 1. The van der Waals surface area contributed by atoms with Gasteiger partial charge in [0, 0.05) is 35.5 Å². The number of carbonyl (C=O) groups is 1. The molecule has 0 aliphatic rings. The predicted molar refractivity (Wildman–Crippen MR) is 117 cm³/mol. The Balaban J connectivity index is 1.57. The van der Waals surface area contributed by atoms with E-state index in [1.807, 2.05) is 46.4 Å². The van der Waals surface area contributed by atoms with Gasteiger partial charge in [-0.05, 0) is 6.07 Å². The number of amides is 2. The predicted octanol–water partition coefficient (Wildman–Crippen LogP) is 4.73. The van der Waals surface area contributed by atoms with Crippen LogP contribution in [0.4, 0.5) is 16.2 Å². The Morgan fingerprint density at radius 3 is 2.43 bits per heavy atom. The summed E-state index contributed by atoms with van der Waals surface area (Å²) in [6, 6.07) is 10.4. The van der Waals surface area contributed by atoms with Crippen LogP contribution in [0.2, 0.25) is 0 Å². The maximum Gasteiger partial charge on any atom is 0.323 e. The van der Waals surface area contributed by atoms with Crippen LogP contribution in [0.25, 0.3) is 16.2 Å². The number of para-hydroxylation sites is 1. The largest absolute Gasteiger partial charge is 0.493 e. The second kappa shape index (κ2) is 8.34.